The zero-order chi connectivity index (χ0) is 13.9. The average Bonchev–Trinajstić information content (AvgIpc) is 2.54. The summed E-state index contributed by atoms with van der Waals surface area (Å²) >= 11 is 4.18. The van der Waals surface area contributed by atoms with Crippen molar-refractivity contribution >= 4 is 32.3 Å². The number of likely N-dealkylation sites (N-methyl/N-ethyl adjacent to an activating group) is 1. The molecule has 104 valence electrons. The Morgan fingerprint density at radius 2 is 2.33 bits per heavy atom. The van der Waals surface area contributed by atoms with E-state index in [9.17, 15) is 9.36 Å². The van der Waals surface area contributed by atoms with Crippen molar-refractivity contribution in [2.24, 2.45) is 0 Å². The van der Waals surface area contributed by atoms with Crippen molar-refractivity contribution in [3.8, 4) is 0 Å². The number of hydrogen-bond acceptors (Lipinski definition) is 5. The molecule has 1 fully saturated rings. The fourth-order valence-electron chi connectivity index (χ4n) is 1.50. The van der Waals surface area contributed by atoms with Crippen LogP contribution in [0.25, 0.3) is 0 Å². The molecule has 1 atom stereocenters. The van der Waals surface area contributed by atoms with Crippen molar-refractivity contribution in [1.82, 2.24) is 9.80 Å². The highest BCUT2D eigenvalue weighted by atomic mass is 32.1. The summed E-state index contributed by atoms with van der Waals surface area (Å²) in [5.41, 5.74) is 0. The van der Waals surface area contributed by atoms with Crippen LogP contribution in [0.4, 0.5) is 0 Å². The summed E-state index contributed by atoms with van der Waals surface area (Å²) in [4.78, 5) is 31.2. The van der Waals surface area contributed by atoms with Gasteiger partial charge in [-0.15, -0.1) is 0 Å². The number of phosphoric acid groups is 1. The number of rotatable bonds is 4. The van der Waals surface area contributed by atoms with Crippen LogP contribution in [-0.4, -0.2) is 63.4 Å². The van der Waals surface area contributed by atoms with Gasteiger partial charge < -0.3 is 14.7 Å². The average molecular weight is 297 g/mol. The zero-order valence-electron chi connectivity index (χ0n) is 9.81. The number of nitrogens with zero attached hydrogens (tertiary/aromatic N) is 2. The standard InChI is InChI=1S/C8H16N3O5PS/c1-10(2-3-16-17(13,14)15)8(9)11-5-6(18)4-7(11)12/h6,9,18H,2-5H2,1H3,(H2,13,14,15). The minimum absolute atomic E-state index is 0.0224. The third-order valence-corrected chi connectivity index (χ3v) is 3.27. The zero-order valence-corrected chi connectivity index (χ0v) is 11.6. The van der Waals surface area contributed by atoms with E-state index in [4.69, 9.17) is 15.2 Å². The molecule has 0 spiro atoms. The minimum atomic E-state index is -4.49. The van der Waals surface area contributed by atoms with Gasteiger partial charge in [-0.25, -0.2) is 4.57 Å². The van der Waals surface area contributed by atoms with Crippen molar-refractivity contribution in [3.63, 3.8) is 0 Å². The van der Waals surface area contributed by atoms with Gasteiger partial charge in [0.1, 0.15) is 0 Å². The number of thiol groups is 1. The van der Waals surface area contributed by atoms with Gasteiger partial charge in [0, 0.05) is 31.8 Å². The summed E-state index contributed by atoms with van der Waals surface area (Å²) in [5, 5.41) is 7.71. The SMILES string of the molecule is CN(CCOP(=O)(O)O)C(=N)N1CC(S)CC1=O. The Labute approximate surface area is 110 Å². The number of hydrogen-bond donors (Lipinski definition) is 4. The molecule has 0 saturated carbocycles. The highest BCUT2D eigenvalue weighted by Gasteiger charge is 2.31. The molecule has 1 aliphatic heterocycles. The number of nitrogens with one attached hydrogen (secondary N) is 1. The largest absolute Gasteiger partial charge is 0.469 e. The molecule has 1 unspecified atom stereocenters. The molecule has 18 heavy (non-hydrogen) atoms. The van der Waals surface area contributed by atoms with Crippen LogP contribution < -0.4 is 0 Å². The Bertz CT molecular complexity index is 387. The highest BCUT2D eigenvalue weighted by molar-refractivity contribution is 7.81. The molecule has 1 rings (SSSR count). The normalized spacial score (nSPS) is 20.3. The molecule has 0 aliphatic carbocycles. The van der Waals surface area contributed by atoms with Gasteiger partial charge in [-0.2, -0.15) is 12.6 Å². The molecule has 0 aromatic carbocycles. The number of carbonyl (C=O) groups is 1. The van der Waals surface area contributed by atoms with E-state index in [2.05, 4.69) is 17.2 Å². The Morgan fingerprint density at radius 1 is 1.72 bits per heavy atom. The second-order valence-corrected chi connectivity index (χ2v) is 5.90. The summed E-state index contributed by atoms with van der Waals surface area (Å²) in [6.45, 7) is 0.241. The van der Waals surface area contributed by atoms with E-state index in [0.29, 0.717) is 6.54 Å². The first-order valence-corrected chi connectivity index (χ1v) is 7.23. The van der Waals surface area contributed by atoms with E-state index in [1.54, 1.807) is 7.05 Å². The predicted octanol–water partition coefficient (Wildman–Crippen LogP) is -0.507. The first-order valence-electron chi connectivity index (χ1n) is 5.19. The van der Waals surface area contributed by atoms with E-state index in [0.717, 1.165) is 0 Å². The minimum Gasteiger partial charge on any atom is -0.343 e. The van der Waals surface area contributed by atoms with Crippen LogP contribution in [0.15, 0.2) is 0 Å². The van der Waals surface area contributed by atoms with Crippen LogP contribution >= 0.6 is 20.5 Å². The summed E-state index contributed by atoms with van der Waals surface area (Å²) in [6, 6.07) is 0. The van der Waals surface area contributed by atoms with E-state index >= 15 is 0 Å². The number of likely N-dealkylation sites (tertiary alicyclic amines) is 1. The number of phosphoric ester groups is 1. The molecule has 1 heterocycles. The third kappa shape index (κ3) is 4.58. The molecule has 0 aromatic heterocycles. The molecule has 0 aromatic rings. The fourth-order valence-corrected chi connectivity index (χ4v) is 2.14. The van der Waals surface area contributed by atoms with Crippen LogP contribution in [0.1, 0.15) is 6.42 Å². The first kappa shape index (κ1) is 15.5. The van der Waals surface area contributed by atoms with Gasteiger partial charge in [0.15, 0.2) is 5.96 Å². The van der Waals surface area contributed by atoms with E-state index in [1.807, 2.05) is 0 Å². The Morgan fingerprint density at radius 3 is 2.78 bits per heavy atom. The topological polar surface area (TPSA) is 114 Å². The highest BCUT2D eigenvalue weighted by Crippen LogP contribution is 2.35. The Hall–Kier alpha value is -0.600. The van der Waals surface area contributed by atoms with Crippen molar-refractivity contribution in [2.75, 3.05) is 26.7 Å². The van der Waals surface area contributed by atoms with Crippen LogP contribution in [0.3, 0.4) is 0 Å². The maximum absolute atomic E-state index is 11.5. The van der Waals surface area contributed by atoms with E-state index in [-0.39, 0.29) is 36.7 Å². The van der Waals surface area contributed by atoms with Crippen LogP contribution in [0.2, 0.25) is 0 Å². The van der Waals surface area contributed by atoms with Gasteiger partial charge in [-0.05, 0) is 0 Å². The monoisotopic (exact) mass is 297 g/mol. The van der Waals surface area contributed by atoms with Gasteiger partial charge in [0.25, 0.3) is 0 Å². The lowest BCUT2D eigenvalue weighted by Crippen LogP contribution is -2.43. The molecule has 8 nitrogen and oxygen atoms in total. The van der Waals surface area contributed by atoms with Gasteiger partial charge in [0.2, 0.25) is 5.91 Å². The summed E-state index contributed by atoms with van der Waals surface area (Å²) in [5.74, 6) is -0.200. The van der Waals surface area contributed by atoms with Crippen molar-refractivity contribution in [3.05, 3.63) is 0 Å². The molecular formula is C8H16N3O5PS. The lowest BCUT2D eigenvalue weighted by atomic mass is 10.4. The number of carbonyl (C=O) groups excluding carboxylic acids is 1. The van der Waals surface area contributed by atoms with Crippen LogP contribution in [-0.2, 0) is 13.9 Å². The van der Waals surface area contributed by atoms with Crippen LogP contribution in [0, 0.1) is 5.41 Å². The van der Waals surface area contributed by atoms with E-state index < -0.39 is 7.82 Å². The van der Waals surface area contributed by atoms with Crippen molar-refractivity contribution in [1.29, 1.82) is 5.41 Å². The predicted molar refractivity (Wildman–Crippen MR) is 67.5 cm³/mol. The fraction of sp³-hybridized carbons (Fsp3) is 0.750. The molecule has 1 saturated heterocycles. The molecule has 0 bridgehead atoms. The molecular weight excluding hydrogens is 281 g/mol. The molecule has 1 amide bonds. The van der Waals surface area contributed by atoms with Gasteiger partial charge >= 0.3 is 7.82 Å². The second kappa shape index (κ2) is 6.03. The van der Waals surface area contributed by atoms with Gasteiger partial charge in [0.05, 0.1) is 6.61 Å². The molecule has 0 radical (unpaired) electrons. The Balaban J connectivity index is 2.42. The van der Waals surface area contributed by atoms with Crippen molar-refractivity contribution < 1.29 is 23.7 Å². The maximum atomic E-state index is 11.5. The summed E-state index contributed by atoms with van der Waals surface area (Å²) in [6.07, 6.45) is 0.290. The van der Waals surface area contributed by atoms with E-state index in [1.165, 1.54) is 9.80 Å². The lowest BCUT2D eigenvalue weighted by Gasteiger charge is -2.26. The molecule has 3 N–H and O–H groups in total. The second-order valence-electron chi connectivity index (χ2n) is 3.93. The maximum Gasteiger partial charge on any atom is 0.469 e. The smallest absolute Gasteiger partial charge is 0.343 e. The quantitative estimate of drug-likeness (QED) is 0.241. The summed E-state index contributed by atoms with van der Waals surface area (Å²) in [7, 11) is -2.94. The molecule has 10 heteroatoms. The first-order chi connectivity index (χ1) is 8.20. The third-order valence-electron chi connectivity index (χ3n) is 2.41. The number of guanidine groups is 1. The van der Waals surface area contributed by atoms with Crippen LogP contribution in [0.5, 0.6) is 0 Å². The molecule has 1 aliphatic rings. The lowest BCUT2D eigenvalue weighted by molar-refractivity contribution is -0.124. The van der Waals surface area contributed by atoms with Gasteiger partial charge in [-0.3, -0.25) is 19.6 Å². The summed E-state index contributed by atoms with van der Waals surface area (Å²) < 4.78 is 14.7. The Kier molecular flexibility index (Phi) is 5.18. The van der Waals surface area contributed by atoms with Crippen molar-refractivity contribution in [2.45, 2.75) is 11.7 Å². The number of amides is 1. The van der Waals surface area contributed by atoms with Gasteiger partial charge in [-0.1, -0.05) is 0 Å².